The molecule has 0 aliphatic carbocycles. The Labute approximate surface area is 203 Å². The van der Waals surface area contributed by atoms with Crippen molar-refractivity contribution in [1.82, 2.24) is 0 Å². The van der Waals surface area contributed by atoms with Gasteiger partial charge < -0.3 is 14.7 Å². The van der Waals surface area contributed by atoms with Crippen molar-refractivity contribution in [3.05, 3.63) is 60.2 Å². The maximum atomic E-state index is 12.0. The second-order valence-electron chi connectivity index (χ2n) is 7.39. The first-order valence-corrected chi connectivity index (χ1v) is 12.1. The lowest BCUT2D eigenvalue weighted by molar-refractivity contribution is 0.0496. The van der Waals surface area contributed by atoms with Crippen LogP contribution in [0.15, 0.2) is 75.1 Å². The highest BCUT2D eigenvalue weighted by Gasteiger charge is 2.13. The SMILES string of the molecule is CCCCOC(=O)c1ccc(/N=N/c2ccc(/N=N/c3ccc(N(CC)CC)cc3)s2)cc1O. The molecule has 1 heterocycles. The molecule has 0 saturated carbocycles. The molecule has 0 aliphatic heterocycles. The van der Waals surface area contributed by atoms with Gasteiger partial charge in [-0.3, -0.25) is 0 Å². The van der Waals surface area contributed by atoms with Gasteiger partial charge in [0, 0.05) is 24.8 Å². The second kappa shape index (κ2) is 12.6. The summed E-state index contributed by atoms with van der Waals surface area (Å²) in [5, 5.41) is 28.4. The van der Waals surface area contributed by atoms with E-state index in [1.807, 2.05) is 37.3 Å². The molecule has 2 aromatic carbocycles. The fraction of sp³-hybridized carbons (Fsp3) is 0.320. The van der Waals surface area contributed by atoms with Crippen LogP contribution in [-0.2, 0) is 4.74 Å². The van der Waals surface area contributed by atoms with Crippen molar-refractivity contribution in [2.45, 2.75) is 33.6 Å². The number of esters is 1. The third kappa shape index (κ3) is 6.95. The number of rotatable bonds is 11. The molecular formula is C25H29N5O3S. The largest absolute Gasteiger partial charge is 0.507 e. The Morgan fingerprint density at radius 3 is 2.09 bits per heavy atom. The molecule has 0 unspecified atom stereocenters. The number of hydrogen-bond acceptors (Lipinski definition) is 9. The fourth-order valence-electron chi connectivity index (χ4n) is 3.10. The average Bonchev–Trinajstić information content (AvgIpc) is 3.31. The Kier molecular flexibility index (Phi) is 9.28. The standard InChI is InChI=1S/C25H29N5O3S/c1-4-7-16-33-25(32)21-13-10-19(17-22(21)31)27-29-24-15-14-23(34-24)28-26-18-8-11-20(12-9-18)30(5-2)6-3/h8-15,17,31H,4-7,16H2,1-3H3/b28-26+,29-27+. The summed E-state index contributed by atoms with van der Waals surface area (Å²) in [5.41, 5.74) is 2.47. The summed E-state index contributed by atoms with van der Waals surface area (Å²) < 4.78 is 5.13. The van der Waals surface area contributed by atoms with Crippen molar-refractivity contribution < 1.29 is 14.6 Å². The van der Waals surface area contributed by atoms with Gasteiger partial charge in [0.05, 0.1) is 18.0 Å². The van der Waals surface area contributed by atoms with E-state index in [-0.39, 0.29) is 11.3 Å². The van der Waals surface area contributed by atoms with E-state index < -0.39 is 5.97 Å². The maximum Gasteiger partial charge on any atom is 0.341 e. The van der Waals surface area contributed by atoms with Gasteiger partial charge in [-0.15, -0.1) is 20.5 Å². The molecule has 0 bridgehead atoms. The van der Waals surface area contributed by atoms with Crippen molar-refractivity contribution in [2.75, 3.05) is 24.6 Å². The molecule has 8 nitrogen and oxygen atoms in total. The summed E-state index contributed by atoms with van der Waals surface area (Å²) >= 11 is 1.34. The van der Waals surface area contributed by atoms with Crippen LogP contribution in [0, 0.1) is 0 Å². The van der Waals surface area contributed by atoms with Gasteiger partial charge in [0.15, 0.2) is 0 Å². The van der Waals surface area contributed by atoms with Crippen LogP contribution in [0.1, 0.15) is 44.0 Å². The number of ether oxygens (including phenoxy) is 1. The van der Waals surface area contributed by atoms with Crippen LogP contribution in [0.25, 0.3) is 0 Å². The van der Waals surface area contributed by atoms with E-state index >= 15 is 0 Å². The van der Waals surface area contributed by atoms with Crippen LogP contribution in [0.2, 0.25) is 0 Å². The van der Waals surface area contributed by atoms with E-state index in [1.54, 1.807) is 12.1 Å². The number of benzene rings is 2. The minimum absolute atomic E-state index is 0.110. The van der Waals surface area contributed by atoms with E-state index in [4.69, 9.17) is 4.74 Å². The number of carbonyl (C=O) groups is 1. The molecule has 34 heavy (non-hydrogen) atoms. The van der Waals surface area contributed by atoms with Gasteiger partial charge in [-0.1, -0.05) is 24.7 Å². The van der Waals surface area contributed by atoms with Crippen LogP contribution in [0.3, 0.4) is 0 Å². The topological polar surface area (TPSA) is 99.2 Å². The Morgan fingerprint density at radius 1 is 0.882 bits per heavy atom. The molecule has 0 fully saturated rings. The number of hydrogen-bond donors (Lipinski definition) is 1. The highest BCUT2D eigenvalue weighted by Crippen LogP contribution is 2.34. The Morgan fingerprint density at radius 2 is 1.50 bits per heavy atom. The predicted octanol–water partition coefficient (Wildman–Crippen LogP) is 8.09. The molecule has 3 aromatic rings. The van der Waals surface area contributed by atoms with Gasteiger partial charge in [-0.2, -0.15) is 0 Å². The summed E-state index contributed by atoms with van der Waals surface area (Å²) in [7, 11) is 0. The first kappa shape index (κ1) is 25.0. The number of aromatic hydroxyl groups is 1. The summed E-state index contributed by atoms with van der Waals surface area (Å²) in [6.07, 6.45) is 1.71. The van der Waals surface area contributed by atoms with Crippen molar-refractivity contribution >= 4 is 44.4 Å². The third-order valence-corrected chi connectivity index (χ3v) is 5.87. The molecule has 178 valence electrons. The summed E-state index contributed by atoms with van der Waals surface area (Å²) in [5.74, 6) is -0.740. The average molecular weight is 480 g/mol. The van der Waals surface area contributed by atoms with Gasteiger partial charge in [-0.25, -0.2) is 4.79 Å². The van der Waals surface area contributed by atoms with Gasteiger partial charge in [-0.05, 0) is 68.8 Å². The molecule has 0 radical (unpaired) electrons. The number of azo groups is 2. The molecule has 0 atom stereocenters. The van der Waals surface area contributed by atoms with E-state index in [2.05, 4.69) is 39.2 Å². The van der Waals surface area contributed by atoms with E-state index in [0.717, 1.165) is 37.3 Å². The first-order chi connectivity index (χ1) is 16.5. The lowest BCUT2D eigenvalue weighted by atomic mass is 10.2. The summed E-state index contributed by atoms with van der Waals surface area (Å²) in [6.45, 7) is 8.52. The highest BCUT2D eigenvalue weighted by atomic mass is 32.1. The number of phenolic OH excluding ortho intramolecular Hbond substituents is 1. The molecule has 0 amide bonds. The molecule has 9 heteroatoms. The van der Waals surface area contributed by atoms with Gasteiger partial charge >= 0.3 is 5.97 Å². The van der Waals surface area contributed by atoms with Crippen molar-refractivity contribution in [3.8, 4) is 5.75 Å². The zero-order chi connectivity index (χ0) is 24.3. The van der Waals surface area contributed by atoms with E-state index in [9.17, 15) is 9.90 Å². The van der Waals surface area contributed by atoms with Crippen LogP contribution >= 0.6 is 11.3 Å². The smallest absolute Gasteiger partial charge is 0.341 e. The minimum atomic E-state index is -0.551. The number of thiophene rings is 1. The quantitative estimate of drug-likeness (QED) is 0.171. The molecule has 3 rings (SSSR count). The molecule has 0 aliphatic rings. The van der Waals surface area contributed by atoms with Crippen molar-refractivity contribution in [3.63, 3.8) is 0 Å². The molecular weight excluding hydrogens is 450 g/mol. The number of phenols is 1. The van der Waals surface area contributed by atoms with Gasteiger partial charge in [0.1, 0.15) is 21.3 Å². The van der Waals surface area contributed by atoms with Gasteiger partial charge in [0.25, 0.3) is 0 Å². The normalized spacial score (nSPS) is 11.4. The first-order valence-electron chi connectivity index (χ1n) is 11.3. The number of carbonyl (C=O) groups excluding carboxylic acids is 1. The molecule has 1 aromatic heterocycles. The van der Waals surface area contributed by atoms with E-state index in [1.165, 1.54) is 23.5 Å². The molecule has 0 spiro atoms. The lowest BCUT2D eigenvalue weighted by Crippen LogP contribution is -2.21. The second-order valence-corrected chi connectivity index (χ2v) is 8.43. The van der Waals surface area contributed by atoms with Crippen LogP contribution in [0.4, 0.5) is 27.1 Å². The molecule has 0 saturated heterocycles. The monoisotopic (exact) mass is 479 g/mol. The zero-order valence-electron chi connectivity index (χ0n) is 19.6. The molecule has 1 N–H and O–H groups in total. The van der Waals surface area contributed by atoms with Gasteiger partial charge in [0.2, 0.25) is 0 Å². The Bertz CT molecular complexity index is 1140. The highest BCUT2D eigenvalue weighted by molar-refractivity contribution is 7.19. The summed E-state index contributed by atoms with van der Waals surface area (Å²) in [4.78, 5) is 14.3. The van der Waals surface area contributed by atoms with Crippen molar-refractivity contribution in [1.29, 1.82) is 0 Å². The predicted molar refractivity (Wildman–Crippen MR) is 136 cm³/mol. The fourth-order valence-corrected chi connectivity index (χ4v) is 3.75. The minimum Gasteiger partial charge on any atom is -0.507 e. The zero-order valence-corrected chi connectivity index (χ0v) is 20.5. The number of nitrogens with zero attached hydrogens (tertiary/aromatic N) is 5. The number of unbranched alkanes of at least 4 members (excludes halogenated alkanes) is 1. The maximum absolute atomic E-state index is 12.0. The van der Waals surface area contributed by atoms with Crippen LogP contribution in [-0.4, -0.2) is 30.8 Å². The number of anilines is 1. The Balaban J connectivity index is 1.60. The summed E-state index contributed by atoms with van der Waals surface area (Å²) in [6, 6.07) is 16.1. The lowest BCUT2D eigenvalue weighted by Gasteiger charge is -2.20. The van der Waals surface area contributed by atoms with E-state index in [0.29, 0.717) is 22.3 Å². The van der Waals surface area contributed by atoms with Crippen LogP contribution in [0.5, 0.6) is 5.75 Å². The third-order valence-electron chi connectivity index (χ3n) is 5.02. The van der Waals surface area contributed by atoms with Crippen molar-refractivity contribution in [2.24, 2.45) is 20.5 Å². The Hall–Kier alpha value is -3.59. The van der Waals surface area contributed by atoms with Crippen LogP contribution < -0.4 is 4.90 Å².